The zero-order valence-electron chi connectivity index (χ0n) is 23.9. The first-order valence-corrected chi connectivity index (χ1v) is 14.0. The molecule has 14 nitrogen and oxygen atoms in total. The van der Waals surface area contributed by atoms with E-state index in [2.05, 4.69) is 10.1 Å². The first-order chi connectivity index (χ1) is 20.2. The Hall–Kier alpha value is -4.33. The van der Waals surface area contributed by atoms with Crippen LogP contribution in [0.4, 0.5) is 10.5 Å². The predicted molar refractivity (Wildman–Crippen MR) is 145 cm³/mol. The Morgan fingerprint density at radius 1 is 1.12 bits per heavy atom. The molecule has 1 atom stereocenters. The number of anilines is 1. The number of morpholine rings is 1. The van der Waals surface area contributed by atoms with Crippen LogP contribution in [0.3, 0.4) is 0 Å². The van der Waals surface area contributed by atoms with Gasteiger partial charge in [-0.05, 0) is 30.9 Å². The fraction of sp³-hybridized carbons (Fsp3) is 0.536. The number of aromatic nitrogens is 2. The van der Waals surface area contributed by atoms with Gasteiger partial charge in [-0.15, -0.1) is 0 Å². The summed E-state index contributed by atoms with van der Waals surface area (Å²) in [4.78, 5) is 72.9. The van der Waals surface area contributed by atoms with Crippen molar-refractivity contribution in [3.05, 3.63) is 36.0 Å². The van der Waals surface area contributed by atoms with Gasteiger partial charge < -0.3 is 23.8 Å². The second-order valence-electron chi connectivity index (χ2n) is 10.9. The van der Waals surface area contributed by atoms with Crippen molar-refractivity contribution in [2.24, 2.45) is 11.8 Å². The Morgan fingerprint density at radius 2 is 1.86 bits per heavy atom. The minimum Gasteiger partial charge on any atom is -0.495 e. The Balaban J connectivity index is 1.29. The summed E-state index contributed by atoms with van der Waals surface area (Å²) in [5.41, 5.74) is 0.507. The van der Waals surface area contributed by atoms with E-state index in [1.807, 2.05) is 13.8 Å². The summed E-state index contributed by atoms with van der Waals surface area (Å²) >= 11 is 0. The summed E-state index contributed by atoms with van der Waals surface area (Å²) in [6.45, 7) is 4.82. The van der Waals surface area contributed by atoms with E-state index in [1.165, 1.54) is 12.0 Å². The van der Waals surface area contributed by atoms with Gasteiger partial charge in [0.15, 0.2) is 5.82 Å². The lowest BCUT2D eigenvalue weighted by atomic mass is 10.1. The number of ether oxygens (including phenoxy) is 2. The van der Waals surface area contributed by atoms with Crippen LogP contribution in [-0.4, -0.2) is 100 Å². The molecule has 42 heavy (non-hydrogen) atoms. The van der Waals surface area contributed by atoms with Crippen LogP contribution in [0.1, 0.15) is 38.4 Å². The molecule has 1 aromatic carbocycles. The second-order valence-corrected chi connectivity index (χ2v) is 10.9. The number of amides is 6. The predicted octanol–water partition coefficient (Wildman–Crippen LogP) is 1.24. The van der Waals surface area contributed by atoms with E-state index in [0.29, 0.717) is 31.1 Å². The van der Waals surface area contributed by atoms with Crippen molar-refractivity contribution in [3.63, 3.8) is 0 Å². The lowest BCUT2D eigenvalue weighted by molar-refractivity contribution is -0.143. The Morgan fingerprint density at radius 3 is 2.57 bits per heavy atom. The molecule has 0 radical (unpaired) electrons. The number of carbonyl (C=O) groups is 5. The van der Waals surface area contributed by atoms with Crippen molar-refractivity contribution < 1.29 is 38.0 Å². The van der Waals surface area contributed by atoms with Gasteiger partial charge >= 0.3 is 17.8 Å². The molecule has 1 saturated carbocycles. The van der Waals surface area contributed by atoms with Crippen LogP contribution in [0.2, 0.25) is 0 Å². The standard InChI is InChI=1S/C28H34N6O8/c1-17(2)25(36)31-10-11-41-19(14-31)15-32(20-6-4-5-7-21(20)40-3)24(35)12-22-29-23(42-30-22)16-34-27(38)26(37)33(28(34)39)13-18-8-9-18/h4-7,17-19H,8-16H2,1-3H3. The molecule has 6 amide bonds. The maximum absolute atomic E-state index is 13.7. The minimum absolute atomic E-state index is 0.0186. The summed E-state index contributed by atoms with van der Waals surface area (Å²) in [5, 5.41) is 3.87. The van der Waals surface area contributed by atoms with Crippen molar-refractivity contribution in [3.8, 4) is 5.75 Å². The molecule has 0 bridgehead atoms. The highest BCUT2D eigenvalue weighted by Crippen LogP contribution is 2.32. The average molecular weight is 583 g/mol. The van der Waals surface area contributed by atoms with Crippen LogP contribution < -0.4 is 9.64 Å². The molecular formula is C28H34N6O8. The average Bonchev–Trinajstić information content (AvgIpc) is 3.68. The van der Waals surface area contributed by atoms with Gasteiger partial charge in [0, 0.05) is 25.6 Å². The number of urea groups is 1. The Kier molecular flexibility index (Phi) is 8.52. The van der Waals surface area contributed by atoms with Crippen LogP contribution in [0, 0.1) is 11.8 Å². The molecule has 0 spiro atoms. The highest BCUT2D eigenvalue weighted by atomic mass is 16.5. The Bertz CT molecular complexity index is 1370. The molecule has 2 saturated heterocycles. The highest BCUT2D eigenvalue weighted by Gasteiger charge is 2.46. The van der Waals surface area contributed by atoms with Crippen LogP contribution in [-0.2, 0) is 36.9 Å². The largest absolute Gasteiger partial charge is 0.495 e. The molecule has 224 valence electrons. The number of methoxy groups -OCH3 is 1. The van der Waals surface area contributed by atoms with E-state index in [4.69, 9.17) is 14.0 Å². The molecule has 3 heterocycles. The van der Waals surface area contributed by atoms with Crippen LogP contribution in [0.5, 0.6) is 5.75 Å². The summed E-state index contributed by atoms with van der Waals surface area (Å²) in [6, 6.07) is 6.32. The zero-order chi connectivity index (χ0) is 30.0. The van der Waals surface area contributed by atoms with Crippen LogP contribution >= 0.6 is 0 Å². The molecule has 3 aliphatic rings. The topological polar surface area (TPSA) is 156 Å². The quantitative estimate of drug-likeness (QED) is 0.279. The lowest BCUT2D eigenvalue weighted by Gasteiger charge is -2.36. The van der Waals surface area contributed by atoms with Gasteiger partial charge in [0.2, 0.25) is 17.7 Å². The maximum Gasteiger partial charge on any atom is 0.334 e. The second kappa shape index (κ2) is 12.3. The van der Waals surface area contributed by atoms with Crippen molar-refractivity contribution >= 4 is 35.3 Å². The summed E-state index contributed by atoms with van der Waals surface area (Å²) in [5.74, 6) is -1.68. The van der Waals surface area contributed by atoms with E-state index in [0.717, 1.165) is 22.6 Å². The number of para-hydroxylation sites is 2. The molecular weight excluding hydrogens is 548 g/mol. The summed E-state index contributed by atoms with van der Waals surface area (Å²) < 4.78 is 16.7. The normalized spacial score (nSPS) is 19.2. The van der Waals surface area contributed by atoms with E-state index in [1.54, 1.807) is 29.2 Å². The highest BCUT2D eigenvalue weighted by molar-refractivity contribution is 6.44. The molecule has 0 N–H and O–H groups in total. The molecule has 1 unspecified atom stereocenters. The lowest BCUT2D eigenvalue weighted by Crippen LogP contribution is -2.51. The Labute approximate surface area is 242 Å². The smallest absolute Gasteiger partial charge is 0.334 e. The van der Waals surface area contributed by atoms with E-state index < -0.39 is 23.9 Å². The zero-order valence-corrected chi connectivity index (χ0v) is 23.9. The number of carbonyl (C=O) groups excluding carboxylic acids is 5. The van der Waals surface area contributed by atoms with Crippen molar-refractivity contribution in [2.45, 2.75) is 45.8 Å². The van der Waals surface area contributed by atoms with Crippen molar-refractivity contribution in [2.75, 3.05) is 44.8 Å². The summed E-state index contributed by atoms with van der Waals surface area (Å²) in [7, 11) is 1.50. The first-order valence-electron chi connectivity index (χ1n) is 14.0. The third-order valence-corrected chi connectivity index (χ3v) is 7.39. The number of imide groups is 2. The van der Waals surface area contributed by atoms with Gasteiger partial charge in [-0.2, -0.15) is 4.98 Å². The molecule has 14 heteroatoms. The third kappa shape index (κ3) is 6.27. The van der Waals surface area contributed by atoms with Gasteiger partial charge in [0.05, 0.1) is 38.5 Å². The first kappa shape index (κ1) is 29.2. The molecule has 2 aliphatic heterocycles. The SMILES string of the molecule is COc1ccccc1N(CC1CN(C(=O)C(C)C)CCO1)C(=O)Cc1noc(CN2C(=O)C(=O)N(CC3CC3)C2=O)n1. The number of nitrogens with zero attached hydrogens (tertiary/aromatic N) is 6. The van der Waals surface area contributed by atoms with E-state index in [-0.39, 0.29) is 61.4 Å². The molecule has 1 aromatic heterocycles. The number of hydrogen-bond acceptors (Lipinski definition) is 10. The number of hydrogen-bond donors (Lipinski definition) is 0. The number of benzene rings is 1. The number of rotatable bonds is 11. The van der Waals surface area contributed by atoms with Crippen molar-refractivity contribution in [1.82, 2.24) is 24.8 Å². The van der Waals surface area contributed by atoms with Gasteiger partial charge in [-0.3, -0.25) is 24.1 Å². The van der Waals surface area contributed by atoms with E-state index >= 15 is 0 Å². The van der Waals surface area contributed by atoms with Crippen molar-refractivity contribution in [1.29, 1.82) is 0 Å². The molecule has 5 rings (SSSR count). The monoisotopic (exact) mass is 582 g/mol. The van der Waals surface area contributed by atoms with Crippen LogP contribution in [0.15, 0.2) is 28.8 Å². The molecule has 2 aromatic rings. The van der Waals surface area contributed by atoms with Gasteiger partial charge in [0.1, 0.15) is 12.3 Å². The van der Waals surface area contributed by atoms with Gasteiger partial charge in [-0.25, -0.2) is 9.69 Å². The van der Waals surface area contributed by atoms with Crippen LogP contribution in [0.25, 0.3) is 0 Å². The van der Waals surface area contributed by atoms with Gasteiger partial charge in [-0.1, -0.05) is 31.1 Å². The fourth-order valence-electron chi connectivity index (χ4n) is 4.99. The molecule has 3 fully saturated rings. The third-order valence-electron chi connectivity index (χ3n) is 7.39. The maximum atomic E-state index is 13.7. The van der Waals surface area contributed by atoms with Gasteiger partial charge in [0.25, 0.3) is 0 Å². The molecule has 1 aliphatic carbocycles. The minimum atomic E-state index is -0.948. The van der Waals surface area contributed by atoms with E-state index in [9.17, 15) is 24.0 Å². The fourth-order valence-corrected chi connectivity index (χ4v) is 4.99. The summed E-state index contributed by atoms with van der Waals surface area (Å²) in [6.07, 6.45) is 1.12.